The van der Waals surface area contributed by atoms with Gasteiger partial charge in [-0.1, -0.05) is 6.07 Å². The predicted molar refractivity (Wildman–Crippen MR) is 95.9 cm³/mol. The van der Waals surface area contributed by atoms with Crippen molar-refractivity contribution in [3.63, 3.8) is 0 Å². The molecule has 1 heterocycles. The maximum atomic E-state index is 13.1. The summed E-state index contributed by atoms with van der Waals surface area (Å²) in [5, 5.41) is 2.64. The van der Waals surface area contributed by atoms with Gasteiger partial charge in [-0.15, -0.1) is 0 Å². The number of nitrogens with zero attached hydrogens (tertiary/aromatic N) is 1. The summed E-state index contributed by atoms with van der Waals surface area (Å²) in [7, 11) is -2.72. The maximum Gasteiger partial charge on any atom is 0.418 e. The van der Waals surface area contributed by atoms with Crippen molar-refractivity contribution >= 4 is 33.2 Å². The Labute approximate surface area is 158 Å². The summed E-state index contributed by atoms with van der Waals surface area (Å²) in [4.78, 5) is 15.9. The number of amides is 1. The molecular formula is C18H13F3N2O4S. The number of hydrogen-bond donors (Lipinski definition) is 2. The molecule has 0 spiro atoms. The Morgan fingerprint density at radius 1 is 1.07 bits per heavy atom. The normalized spacial score (nSPS) is 11.6. The fourth-order valence-electron chi connectivity index (χ4n) is 2.51. The minimum Gasteiger partial charge on any atom is -0.483 e. The summed E-state index contributed by atoms with van der Waals surface area (Å²) in [5.41, 5.74) is -0.805. The third-order valence-corrected chi connectivity index (χ3v) is 4.48. The minimum atomic E-state index is -4.57. The molecule has 3 aromatic rings. The van der Waals surface area contributed by atoms with E-state index in [0.717, 1.165) is 6.07 Å². The molecule has 28 heavy (non-hydrogen) atoms. The summed E-state index contributed by atoms with van der Waals surface area (Å²) in [6.07, 6.45) is -3.39. The largest absolute Gasteiger partial charge is 0.483 e. The number of nitrogens with one attached hydrogen (secondary N) is 1. The van der Waals surface area contributed by atoms with Crippen molar-refractivity contribution in [3.8, 4) is 5.75 Å². The zero-order valence-electron chi connectivity index (χ0n) is 14.1. The number of halogens is 3. The highest BCUT2D eigenvalue weighted by Crippen LogP contribution is 2.36. The second-order valence-corrected chi connectivity index (χ2v) is 6.68. The number of carbonyl (C=O) groups excluding carboxylic acids is 1. The number of anilines is 1. The number of alkyl halides is 3. The molecule has 0 unspecified atom stereocenters. The Hall–Kier alpha value is -3.14. The zero-order valence-corrected chi connectivity index (χ0v) is 15.0. The summed E-state index contributed by atoms with van der Waals surface area (Å²) in [6, 6.07) is 10.4. The lowest BCUT2D eigenvalue weighted by molar-refractivity contribution is -0.136. The van der Waals surface area contributed by atoms with Crippen molar-refractivity contribution in [3.05, 3.63) is 60.3 Å². The molecular weight excluding hydrogens is 397 g/mol. The average Bonchev–Trinajstić information content (AvgIpc) is 2.65. The van der Waals surface area contributed by atoms with E-state index in [-0.39, 0.29) is 21.5 Å². The molecule has 0 aliphatic heterocycles. The minimum absolute atomic E-state index is 0.0879. The van der Waals surface area contributed by atoms with Crippen LogP contribution in [-0.2, 0) is 21.7 Å². The van der Waals surface area contributed by atoms with E-state index < -0.39 is 35.0 Å². The summed E-state index contributed by atoms with van der Waals surface area (Å²) in [5.74, 6) is -0.471. The molecule has 1 N–H and O–H groups in total. The Morgan fingerprint density at radius 2 is 1.79 bits per heavy atom. The van der Waals surface area contributed by atoms with E-state index in [1.807, 2.05) is 0 Å². The number of hydrogen-bond acceptors (Lipinski definition) is 5. The molecule has 10 heteroatoms. The molecule has 0 saturated carbocycles. The van der Waals surface area contributed by atoms with E-state index in [2.05, 4.69) is 10.3 Å². The Balaban J connectivity index is 1.74. The van der Waals surface area contributed by atoms with Crippen LogP contribution in [0.4, 0.5) is 18.9 Å². The molecule has 0 bridgehead atoms. The van der Waals surface area contributed by atoms with Crippen molar-refractivity contribution < 1.29 is 31.1 Å². The van der Waals surface area contributed by atoms with Gasteiger partial charge in [0.05, 0.1) is 16.0 Å². The van der Waals surface area contributed by atoms with Gasteiger partial charge in [-0.25, -0.2) is 8.42 Å². The van der Waals surface area contributed by atoms with Crippen molar-refractivity contribution in [2.75, 3.05) is 11.9 Å². The number of carbonyl (C=O) groups is 1. The van der Waals surface area contributed by atoms with Crippen LogP contribution < -0.4 is 10.1 Å². The molecule has 146 valence electrons. The van der Waals surface area contributed by atoms with Crippen molar-refractivity contribution in [2.24, 2.45) is 0 Å². The van der Waals surface area contributed by atoms with E-state index in [0.29, 0.717) is 5.69 Å². The molecule has 0 saturated heterocycles. The van der Waals surface area contributed by atoms with Crippen LogP contribution in [0.1, 0.15) is 5.56 Å². The molecule has 6 nitrogen and oxygen atoms in total. The highest BCUT2D eigenvalue weighted by atomic mass is 32.2. The van der Waals surface area contributed by atoms with Crippen molar-refractivity contribution in [1.82, 2.24) is 4.98 Å². The Kier molecular flexibility index (Phi) is 5.50. The lowest BCUT2D eigenvalue weighted by atomic mass is 10.1. The molecule has 2 aromatic carbocycles. The number of aromatic nitrogens is 1. The molecule has 1 aromatic heterocycles. The lowest BCUT2D eigenvalue weighted by Gasteiger charge is -2.13. The Morgan fingerprint density at radius 3 is 2.43 bits per heavy atom. The van der Waals surface area contributed by atoms with Gasteiger partial charge in [0.1, 0.15) is 5.75 Å². The number of rotatable bonds is 5. The predicted octanol–water partition coefficient (Wildman–Crippen LogP) is 3.24. The lowest BCUT2D eigenvalue weighted by Crippen LogP contribution is -2.20. The van der Waals surface area contributed by atoms with Crippen LogP contribution in [0.25, 0.3) is 10.9 Å². The van der Waals surface area contributed by atoms with Gasteiger partial charge < -0.3 is 10.1 Å². The number of ether oxygens (including phenoxy) is 1. The van der Waals surface area contributed by atoms with Gasteiger partial charge >= 0.3 is 6.18 Å². The van der Waals surface area contributed by atoms with E-state index >= 15 is 0 Å². The van der Waals surface area contributed by atoms with E-state index in [9.17, 15) is 26.4 Å². The number of para-hydroxylation sites is 1. The van der Waals surface area contributed by atoms with Gasteiger partial charge in [-0.05, 0) is 42.5 Å². The molecule has 0 atom stereocenters. The fraction of sp³-hybridized carbons (Fsp3) is 0.111. The van der Waals surface area contributed by atoms with Gasteiger partial charge in [-0.2, -0.15) is 13.2 Å². The van der Waals surface area contributed by atoms with Crippen LogP contribution >= 0.6 is 0 Å². The third-order valence-electron chi connectivity index (χ3n) is 3.76. The van der Waals surface area contributed by atoms with E-state index in [1.54, 1.807) is 0 Å². The highest BCUT2D eigenvalue weighted by Gasteiger charge is 2.33. The van der Waals surface area contributed by atoms with Gasteiger partial charge in [0, 0.05) is 17.3 Å². The first-order valence-corrected chi connectivity index (χ1v) is 9.05. The van der Waals surface area contributed by atoms with Crippen LogP contribution in [0.2, 0.25) is 0 Å². The molecule has 0 radical (unpaired) electrons. The number of benzene rings is 2. The second-order valence-electron chi connectivity index (χ2n) is 5.65. The van der Waals surface area contributed by atoms with Crippen molar-refractivity contribution in [2.45, 2.75) is 11.1 Å². The van der Waals surface area contributed by atoms with Crippen molar-refractivity contribution in [1.29, 1.82) is 0 Å². The molecule has 3 rings (SSSR count). The van der Waals surface area contributed by atoms with Gasteiger partial charge in [0.25, 0.3) is 5.91 Å². The molecule has 0 aliphatic carbocycles. The van der Waals surface area contributed by atoms with Gasteiger partial charge in [0.15, 0.2) is 17.3 Å². The zero-order chi connectivity index (χ0) is 20.3. The summed E-state index contributed by atoms with van der Waals surface area (Å²) in [6.45, 7) is -0.451. The van der Waals surface area contributed by atoms with Gasteiger partial charge in [-0.3, -0.25) is 9.78 Å². The summed E-state index contributed by atoms with van der Waals surface area (Å²) < 4.78 is 66.4. The van der Waals surface area contributed by atoms with Crippen LogP contribution in [0.3, 0.4) is 0 Å². The highest BCUT2D eigenvalue weighted by molar-refractivity contribution is 7.72. The first-order chi connectivity index (χ1) is 13.3. The Bertz CT molecular complexity index is 1090. The van der Waals surface area contributed by atoms with Gasteiger partial charge in [0.2, 0.25) is 0 Å². The number of fused-ring (bicyclic) bond motifs is 1. The third kappa shape index (κ3) is 4.39. The fourth-order valence-corrected chi connectivity index (χ4v) is 2.90. The number of pyridine rings is 1. The number of thiol groups is 1. The smallest absolute Gasteiger partial charge is 0.418 e. The van der Waals surface area contributed by atoms with E-state index in [4.69, 9.17) is 4.74 Å². The molecule has 0 fully saturated rings. The van der Waals surface area contributed by atoms with Crippen LogP contribution in [0, 0.1) is 0 Å². The first-order valence-electron chi connectivity index (χ1n) is 7.88. The maximum absolute atomic E-state index is 13.1. The SMILES string of the molecule is O=C(COc1ccnc2c(C(F)(F)F)cccc12)Nc1ccc([SH](=O)=O)cc1. The van der Waals surface area contributed by atoms with Crippen LogP contribution in [-0.4, -0.2) is 25.9 Å². The van der Waals surface area contributed by atoms with E-state index in [1.165, 1.54) is 48.7 Å². The van der Waals surface area contributed by atoms with Crippen LogP contribution in [0.15, 0.2) is 59.6 Å². The standard InChI is InChI=1S/C18H13F3N2O4S/c19-18(20,21)14-3-1-2-13-15(8-9-22-17(13)14)27-10-16(24)23-11-4-6-12(7-5-11)28(25)26/h1-9,28H,10H2,(H,23,24). The quantitative estimate of drug-likeness (QED) is 0.631. The monoisotopic (exact) mass is 410 g/mol. The average molecular weight is 410 g/mol. The molecule has 0 aliphatic rings. The first kappa shape index (κ1) is 19.6. The molecule has 1 amide bonds. The topological polar surface area (TPSA) is 85.4 Å². The van der Waals surface area contributed by atoms with Crippen LogP contribution in [0.5, 0.6) is 5.75 Å². The second kappa shape index (κ2) is 7.85. The summed E-state index contributed by atoms with van der Waals surface area (Å²) >= 11 is 0.